The zero-order valence-corrected chi connectivity index (χ0v) is 9.75. The third-order valence-corrected chi connectivity index (χ3v) is 2.75. The minimum Gasteiger partial charge on any atom is -0.313 e. The number of nitrogens with zero attached hydrogens (tertiary/aromatic N) is 1. The van der Waals surface area contributed by atoms with Gasteiger partial charge in [0.2, 0.25) is 0 Å². The van der Waals surface area contributed by atoms with E-state index in [4.69, 9.17) is 0 Å². The van der Waals surface area contributed by atoms with Gasteiger partial charge in [0.25, 0.3) is 5.56 Å². The largest absolute Gasteiger partial charge is 0.313 e. The van der Waals surface area contributed by atoms with Crippen molar-refractivity contribution in [3.63, 3.8) is 0 Å². The van der Waals surface area contributed by atoms with Crippen LogP contribution in [0.25, 0.3) is 11.3 Å². The predicted molar refractivity (Wildman–Crippen MR) is 64.4 cm³/mol. The lowest BCUT2D eigenvalue weighted by Gasteiger charge is -2.06. The number of hydrogen-bond acceptors (Lipinski definition) is 2. The van der Waals surface area contributed by atoms with Crippen LogP contribution in [0.4, 0.5) is 4.39 Å². The lowest BCUT2D eigenvalue weighted by molar-refractivity contribution is 0.619. The third kappa shape index (κ3) is 2.11. The van der Waals surface area contributed by atoms with Gasteiger partial charge in [0.15, 0.2) is 0 Å². The second-order valence-electron chi connectivity index (χ2n) is 3.88. The summed E-state index contributed by atoms with van der Waals surface area (Å²) < 4.78 is 13.5. The first-order valence-electron chi connectivity index (χ1n) is 5.46. The standard InChI is InChI=1S/C13H13FN2O/c1-3-10-12(15-7-16-13(10)17)9-5-4-8(2)11(14)6-9/h4-7H,3H2,1-2H3,(H,15,16,17). The predicted octanol–water partition coefficient (Wildman–Crippen LogP) is 2.45. The molecule has 0 aliphatic rings. The summed E-state index contributed by atoms with van der Waals surface area (Å²) in [5.41, 5.74) is 2.18. The molecule has 0 spiro atoms. The maximum Gasteiger partial charge on any atom is 0.254 e. The van der Waals surface area contributed by atoms with Crippen LogP contribution in [0.5, 0.6) is 0 Å². The number of aromatic nitrogens is 2. The summed E-state index contributed by atoms with van der Waals surface area (Å²) in [6.07, 6.45) is 1.91. The maximum atomic E-state index is 13.5. The van der Waals surface area contributed by atoms with Crippen molar-refractivity contribution in [2.24, 2.45) is 0 Å². The number of benzene rings is 1. The summed E-state index contributed by atoms with van der Waals surface area (Å²) in [4.78, 5) is 18.3. The molecule has 1 heterocycles. The van der Waals surface area contributed by atoms with E-state index < -0.39 is 0 Å². The van der Waals surface area contributed by atoms with Crippen LogP contribution in [-0.4, -0.2) is 9.97 Å². The SMILES string of the molecule is CCc1c(-c2ccc(C)c(F)c2)nc[nH]c1=O. The smallest absolute Gasteiger partial charge is 0.254 e. The van der Waals surface area contributed by atoms with Crippen molar-refractivity contribution in [3.8, 4) is 11.3 Å². The number of halogens is 1. The lowest BCUT2D eigenvalue weighted by Crippen LogP contribution is -2.14. The van der Waals surface area contributed by atoms with Gasteiger partial charge >= 0.3 is 0 Å². The second kappa shape index (κ2) is 4.49. The van der Waals surface area contributed by atoms with E-state index in [2.05, 4.69) is 9.97 Å². The molecule has 1 aromatic carbocycles. The normalized spacial score (nSPS) is 10.5. The van der Waals surface area contributed by atoms with Crippen LogP contribution in [0.15, 0.2) is 29.3 Å². The summed E-state index contributed by atoms with van der Waals surface area (Å²) in [7, 11) is 0. The fourth-order valence-electron chi connectivity index (χ4n) is 1.74. The van der Waals surface area contributed by atoms with Crippen molar-refractivity contribution in [1.82, 2.24) is 9.97 Å². The average Bonchev–Trinajstić information content (AvgIpc) is 2.32. The summed E-state index contributed by atoms with van der Waals surface area (Å²) >= 11 is 0. The molecule has 0 atom stereocenters. The van der Waals surface area contributed by atoms with E-state index in [0.29, 0.717) is 28.8 Å². The fourth-order valence-corrected chi connectivity index (χ4v) is 1.74. The Labute approximate surface area is 98.3 Å². The Balaban J connectivity index is 2.64. The monoisotopic (exact) mass is 232 g/mol. The van der Waals surface area contributed by atoms with E-state index in [1.807, 2.05) is 6.92 Å². The molecule has 0 bridgehead atoms. The summed E-state index contributed by atoms with van der Waals surface area (Å²) in [5.74, 6) is -0.286. The second-order valence-corrected chi connectivity index (χ2v) is 3.88. The summed E-state index contributed by atoms with van der Waals surface area (Å²) in [5, 5.41) is 0. The topological polar surface area (TPSA) is 45.8 Å². The van der Waals surface area contributed by atoms with E-state index in [-0.39, 0.29) is 11.4 Å². The van der Waals surface area contributed by atoms with Gasteiger partial charge in [-0.1, -0.05) is 19.1 Å². The van der Waals surface area contributed by atoms with Gasteiger partial charge in [-0.3, -0.25) is 4.79 Å². The Morgan fingerprint density at radius 1 is 1.41 bits per heavy atom. The molecule has 0 fully saturated rings. The highest BCUT2D eigenvalue weighted by Gasteiger charge is 2.10. The molecule has 2 aromatic rings. The van der Waals surface area contributed by atoms with E-state index in [1.165, 1.54) is 12.4 Å². The van der Waals surface area contributed by atoms with Crippen molar-refractivity contribution in [2.45, 2.75) is 20.3 Å². The summed E-state index contributed by atoms with van der Waals surface area (Å²) in [6.45, 7) is 3.57. The van der Waals surface area contributed by atoms with Gasteiger partial charge in [0.05, 0.1) is 12.0 Å². The van der Waals surface area contributed by atoms with Gasteiger partial charge in [0, 0.05) is 11.1 Å². The minimum atomic E-state index is -0.286. The molecule has 3 nitrogen and oxygen atoms in total. The molecule has 0 radical (unpaired) electrons. The van der Waals surface area contributed by atoms with Crippen LogP contribution >= 0.6 is 0 Å². The molecule has 0 saturated carbocycles. The third-order valence-electron chi connectivity index (χ3n) is 2.75. The number of H-pyrrole nitrogens is 1. The Kier molecular flexibility index (Phi) is 3.04. The van der Waals surface area contributed by atoms with Gasteiger partial charge in [-0.2, -0.15) is 0 Å². The highest BCUT2D eigenvalue weighted by molar-refractivity contribution is 5.62. The van der Waals surface area contributed by atoms with Crippen molar-refractivity contribution >= 4 is 0 Å². The number of hydrogen-bond donors (Lipinski definition) is 1. The van der Waals surface area contributed by atoms with Gasteiger partial charge in [-0.25, -0.2) is 9.37 Å². The number of nitrogens with one attached hydrogen (secondary N) is 1. The molecule has 4 heteroatoms. The Morgan fingerprint density at radius 2 is 2.18 bits per heavy atom. The van der Waals surface area contributed by atoms with Crippen molar-refractivity contribution in [3.05, 3.63) is 51.8 Å². The molecule has 88 valence electrons. The van der Waals surface area contributed by atoms with Crippen molar-refractivity contribution < 1.29 is 4.39 Å². The molecule has 0 aliphatic heterocycles. The molecule has 2 rings (SSSR count). The average molecular weight is 232 g/mol. The zero-order valence-electron chi connectivity index (χ0n) is 9.75. The van der Waals surface area contributed by atoms with Crippen molar-refractivity contribution in [2.75, 3.05) is 0 Å². The molecule has 0 saturated heterocycles. The molecule has 0 amide bonds. The van der Waals surface area contributed by atoms with E-state index in [0.717, 1.165) is 0 Å². The molecular formula is C13H13FN2O. The van der Waals surface area contributed by atoms with Gasteiger partial charge in [-0.15, -0.1) is 0 Å². The van der Waals surface area contributed by atoms with Crippen LogP contribution in [0.1, 0.15) is 18.1 Å². The minimum absolute atomic E-state index is 0.168. The van der Waals surface area contributed by atoms with Gasteiger partial charge in [0.1, 0.15) is 5.82 Å². The van der Waals surface area contributed by atoms with E-state index in [9.17, 15) is 9.18 Å². The fraction of sp³-hybridized carbons (Fsp3) is 0.231. The number of rotatable bonds is 2. The van der Waals surface area contributed by atoms with E-state index in [1.54, 1.807) is 19.1 Å². The Hall–Kier alpha value is -1.97. The van der Waals surface area contributed by atoms with Crippen LogP contribution in [0.2, 0.25) is 0 Å². The molecule has 0 unspecified atom stereocenters. The van der Waals surface area contributed by atoms with Crippen molar-refractivity contribution in [1.29, 1.82) is 0 Å². The Morgan fingerprint density at radius 3 is 2.82 bits per heavy atom. The number of aryl methyl sites for hydroxylation is 1. The molecule has 17 heavy (non-hydrogen) atoms. The maximum absolute atomic E-state index is 13.5. The molecule has 0 aliphatic carbocycles. The van der Waals surface area contributed by atoms with Crippen LogP contribution in [-0.2, 0) is 6.42 Å². The van der Waals surface area contributed by atoms with Crippen LogP contribution in [0.3, 0.4) is 0 Å². The van der Waals surface area contributed by atoms with Gasteiger partial charge < -0.3 is 4.98 Å². The molecule has 1 N–H and O–H groups in total. The summed E-state index contributed by atoms with van der Waals surface area (Å²) in [6, 6.07) is 4.88. The van der Waals surface area contributed by atoms with E-state index >= 15 is 0 Å². The molecular weight excluding hydrogens is 219 g/mol. The number of aromatic amines is 1. The zero-order chi connectivity index (χ0) is 12.4. The van der Waals surface area contributed by atoms with Gasteiger partial charge in [-0.05, 0) is 25.0 Å². The van der Waals surface area contributed by atoms with Crippen LogP contribution < -0.4 is 5.56 Å². The van der Waals surface area contributed by atoms with Crippen LogP contribution in [0, 0.1) is 12.7 Å². The highest BCUT2D eigenvalue weighted by Crippen LogP contribution is 2.21. The Bertz CT molecular complexity index is 605. The molecule has 1 aromatic heterocycles. The quantitative estimate of drug-likeness (QED) is 0.864. The first kappa shape index (κ1) is 11.5. The lowest BCUT2D eigenvalue weighted by atomic mass is 10.0. The first-order chi connectivity index (χ1) is 8.13. The first-order valence-corrected chi connectivity index (χ1v) is 5.46. The highest BCUT2D eigenvalue weighted by atomic mass is 19.1.